The lowest BCUT2D eigenvalue weighted by Gasteiger charge is -1.87. The van der Waals surface area contributed by atoms with Gasteiger partial charge in [0.25, 0.3) is 0 Å². The summed E-state index contributed by atoms with van der Waals surface area (Å²) in [7, 11) is 0. The van der Waals surface area contributed by atoms with Crippen LogP contribution in [0.2, 0.25) is 0 Å². The maximum atomic E-state index is 10.1. The number of carbonyl (C=O) groups is 1. The van der Waals surface area contributed by atoms with Crippen molar-refractivity contribution in [3.8, 4) is 0 Å². The van der Waals surface area contributed by atoms with E-state index >= 15 is 0 Å². The molecule has 0 bridgehead atoms. The zero-order valence-corrected chi connectivity index (χ0v) is 9.82. The summed E-state index contributed by atoms with van der Waals surface area (Å²) >= 11 is 0. The van der Waals surface area contributed by atoms with Crippen molar-refractivity contribution in [3.05, 3.63) is 72.7 Å². The topological polar surface area (TPSA) is 50.4 Å². The van der Waals surface area contributed by atoms with Gasteiger partial charge in [0.2, 0.25) is 0 Å². The minimum Gasteiger partial charge on any atom is -0.478 e. The standard InChI is InChI=1S/C9H8O2.C6H6O/c10-9(11)7-6-8-4-2-1-3-5-8;1-2-6-4-3-5-7-6/h1-7H,(H,10,11);2-5H,1H2. The van der Waals surface area contributed by atoms with Gasteiger partial charge < -0.3 is 9.52 Å². The summed E-state index contributed by atoms with van der Waals surface area (Å²) in [6, 6.07) is 13.0. The number of hydrogen-bond acceptors (Lipinski definition) is 2. The second-order valence-electron chi connectivity index (χ2n) is 3.30. The Labute approximate surface area is 106 Å². The molecule has 0 atom stereocenters. The van der Waals surface area contributed by atoms with Crippen LogP contribution in [0.25, 0.3) is 12.2 Å². The van der Waals surface area contributed by atoms with E-state index in [2.05, 4.69) is 6.58 Å². The van der Waals surface area contributed by atoms with E-state index in [4.69, 9.17) is 9.52 Å². The molecule has 0 saturated heterocycles. The monoisotopic (exact) mass is 242 g/mol. The van der Waals surface area contributed by atoms with Crippen molar-refractivity contribution in [2.75, 3.05) is 0 Å². The number of hydrogen-bond donors (Lipinski definition) is 1. The Morgan fingerprint density at radius 2 is 1.89 bits per heavy atom. The number of carboxylic acid groups (broad SMARTS) is 1. The number of aliphatic carboxylic acids is 1. The fraction of sp³-hybridized carbons (Fsp3) is 0. The predicted molar refractivity (Wildman–Crippen MR) is 71.9 cm³/mol. The predicted octanol–water partition coefficient (Wildman–Crippen LogP) is 3.71. The highest BCUT2D eigenvalue weighted by molar-refractivity contribution is 5.85. The van der Waals surface area contributed by atoms with Crippen LogP contribution in [0.4, 0.5) is 0 Å². The number of benzene rings is 1. The van der Waals surface area contributed by atoms with E-state index in [1.807, 2.05) is 42.5 Å². The molecular formula is C15H14O3. The van der Waals surface area contributed by atoms with Gasteiger partial charge >= 0.3 is 5.97 Å². The van der Waals surface area contributed by atoms with Crippen LogP contribution in [-0.2, 0) is 4.79 Å². The van der Waals surface area contributed by atoms with Gasteiger partial charge in [0.1, 0.15) is 5.76 Å². The second-order valence-corrected chi connectivity index (χ2v) is 3.30. The molecule has 2 rings (SSSR count). The first-order valence-corrected chi connectivity index (χ1v) is 5.34. The third-order valence-electron chi connectivity index (χ3n) is 1.96. The van der Waals surface area contributed by atoms with E-state index in [0.29, 0.717) is 0 Å². The van der Waals surface area contributed by atoms with Gasteiger partial charge in [-0.3, -0.25) is 0 Å². The second kappa shape index (κ2) is 7.68. The van der Waals surface area contributed by atoms with Crippen molar-refractivity contribution in [2.24, 2.45) is 0 Å². The number of rotatable bonds is 3. The van der Waals surface area contributed by atoms with Gasteiger partial charge in [-0.1, -0.05) is 36.9 Å². The van der Waals surface area contributed by atoms with Gasteiger partial charge in [-0.25, -0.2) is 4.79 Å². The van der Waals surface area contributed by atoms with E-state index in [0.717, 1.165) is 17.4 Å². The summed E-state index contributed by atoms with van der Waals surface area (Å²) in [6.45, 7) is 3.51. The number of furan rings is 1. The quantitative estimate of drug-likeness (QED) is 0.835. The molecule has 0 fully saturated rings. The Kier molecular flexibility index (Phi) is 5.77. The van der Waals surface area contributed by atoms with Crippen molar-refractivity contribution in [1.29, 1.82) is 0 Å². The molecule has 3 nitrogen and oxygen atoms in total. The van der Waals surface area contributed by atoms with Crippen LogP contribution in [0.1, 0.15) is 11.3 Å². The molecule has 2 aromatic rings. The molecule has 0 saturated carbocycles. The summed E-state index contributed by atoms with van der Waals surface area (Å²) in [6.07, 6.45) is 5.97. The normalized spacial score (nSPS) is 9.56. The zero-order valence-electron chi connectivity index (χ0n) is 9.82. The van der Waals surface area contributed by atoms with Gasteiger partial charge in [0, 0.05) is 6.08 Å². The molecule has 0 aliphatic carbocycles. The van der Waals surface area contributed by atoms with Crippen LogP contribution in [0, 0.1) is 0 Å². The smallest absolute Gasteiger partial charge is 0.328 e. The molecule has 0 aliphatic rings. The first-order valence-electron chi connectivity index (χ1n) is 5.34. The fourth-order valence-corrected chi connectivity index (χ4v) is 1.14. The van der Waals surface area contributed by atoms with E-state index in [1.165, 1.54) is 0 Å². The molecule has 1 aromatic heterocycles. The largest absolute Gasteiger partial charge is 0.478 e. The van der Waals surface area contributed by atoms with E-state index in [1.54, 1.807) is 18.4 Å². The first-order chi connectivity index (χ1) is 8.72. The Morgan fingerprint density at radius 1 is 1.17 bits per heavy atom. The van der Waals surface area contributed by atoms with Crippen LogP contribution >= 0.6 is 0 Å². The SMILES string of the molecule is C=Cc1ccco1.O=C(O)C=Cc1ccccc1. The molecule has 0 spiro atoms. The van der Waals surface area contributed by atoms with Crippen LogP contribution in [0.15, 0.2) is 65.8 Å². The summed E-state index contributed by atoms with van der Waals surface area (Å²) in [5, 5.41) is 8.29. The molecule has 0 radical (unpaired) electrons. The molecule has 1 N–H and O–H groups in total. The van der Waals surface area contributed by atoms with Crippen molar-refractivity contribution in [1.82, 2.24) is 0 Å². The lowest BCUT2D eigenvalue weighted by Crippen LogP contribution is -1.85. The minimum atomic E-state index is -0.922. The Bertz CT molecular complexity index is 496. The Balaban J connectivity index is 0.000000199. The van der Waals surface area contributed by atoms with Crippen molar-refractivity contribution >= 4 is 18.1 Å². The van der Waals surface area contributed by atoms with Crippen molar-refractivity contribution < 1.29 is 14.3 Å². The van der Waals surface area contributed by atoms with Crippen LogP contribution < -0.4 is 0 Å². The number of carboxylic acids is 1. The summed E-state index contributed by atoms with van der Waals surface area (Å²) in [5.74, 6) is -0.103. The van der Waals surface area contributed by atoms with Crippen molar-refractivity contribution in [2.45, 2.75) is 0 Å². The summed E-state index contributed by atoms with van der Waals surface area (Å²) in [5.41, 5.74) is 0.898. The zero-order chi connectivity index (χ0) is 13.2. The molecular weight excluding hydrogens is 228 g/mol. The van der Waals surface area contributed by atoms with E-state index in [9.17, 15) is 4.79 Å². The van der Waals surface area contributed by atoms with Gasteiger partial charge in [0.05, 0.1) is 6.26 Å². The average Bonchev–Trinajstić information content (AvgIpc) is 2.91. The Morgan fingerprint density at radius 3 is 2.33 bits per heavy atom. The van der Waals surface area contributed by atoms with Gasteiger partial charge in [0.15, 0.2) is 0 Å². The first kappa shape index (κ1) is 13.5. The van der Waals surface area contributed by atoms with E-state index in [-0.39, 0.29) is 0 Å². The molecule has 1 aromatic carbocycles. The third-order valence-corrected chi connectivity index (χ3v) is 1.96. The average molecular weight is 242 g/mol. The molecule has 92 valence electrons. The highest BCUT2D eigenvalue weighted by Crippen LogP contribution is 2.00. The van der Waals surface area contributed by atoms with Crippen LogP contribution in [0.5, 0.6) is 0 Å². The van der Waals surface area contributed by atoms with Crippen LogP contribution in [0.3, 0.4) is 0 Å². The fourth-order valence-electron chi connectivity index (χ4n) is 1.14. The summed E-state index contributed by atoms with van der Waals surface area (Å²) in [4.78, 5) is 10.1. The molecule has 1 heterocycles. The maximum Gasteiger partial charge on any atom is 0.328 e. The van der Waals surface area contributed by atoms with Gasteiger partial charge in [-0.2, -0.15) is 0 Å². The van der Waals surface area contributed by atoms with Crippen molar-refractivity contribution in [3.63, 3.8) is 0 Å². The Hall–Kier alpha value is -2.55. The molecule has 3 heteroatoms. The molecule has 0 unspecified atom stereocenters. The third kappa shape index (κ3) is 5.51. The highest BCUT2D eigenvalue weighted by Gasteiger charge is 1.86. The van der Waals surface area contributed by atoms with Gasteiger partial charge in [-0.05, 0) is 29.8 Å². The molecule has 0 aliphatic heterocycles. The van der Waals surface area contributed by atoms with E-state index < -0.39 is 5.97 Å². The molecule has 18 heavy (non-hydrogen) atoms. The minimum absolute atomic E-state index is 0.819. The van der Waals surface area contributed by atoms with Gasteiger partial charge in [-0.15, -0.1) is 0 Å². The van der Waals surface area contributed by atoms with Crippen LogP contribution in [-0.4, -0.2) is 11.1 Å². The highest BCUT2D eigenvalue weighted by atomic mass is 16.4. The summed E-state index contributed by atoms with van der Waals surface area (Å²) < 4.78 is 4.86. The maximum absolute atomic E-state index is 10.1. The lowest BCUT2D eigenvalue weighted by atomic mass is 10.2. The lowest BCUT2D eigenvalue weighted by molar-refractivity contribution is -0.131. The molecule has 0 amide bonds.